The van der Waals surface area contributed by atoms with Crippen LogP contribution in [-0.2, 0) is 6.42 Å². The Morgan fingerprint density at radius 1 is 1.15 bits per heavy atom. The summed E-state index contributed by atoms with van der Waals surface area (Å²) in [6.45, 7) is 0.604. The Balaban J connectivity index is 1.45. The first kappa shape index (κ1) is 16.4. The van der Waals surface area contributed by atoms with Crippen molar-refractivity contribution in [2.75, 3.05) is 6.54 Å². The molecule has 1 amide bonds. The van der Waals surface area contributed by atoms with Crippen LogP contribution in [0.15, 0.2) is 54.3 Å². The minimum atomic E-state index is -0.128. The highest BCUT2D eigenvalue weighted by atomic mass is 32.1. The fourth-order valence-electron chi connectivity index (χ4n) is 2.76. The summed E-state index contributed by atoms with van der Waals surface area (Å²) in [7, 11) is 0. The van der Waals surface area contributed by atoms with Crippen LogP contribution in [0.5, 0.6) is 0 Å². The lowest BCUT2D eigenvalue weighted by atomic mass is 10.1. The summed E-state index contributed by atoms with van der Waals surface area (Å²) in [6, 6.07) is 9.64. The fraction of sp³-hybridized carbons (Fsp3) is 0.158. The molecule has 0 radical (unpaired) electrons. The van der Waals surface area contributed by atoms with Gasteiger partial charge < -0.3 is 10.3 Å². The second-order valence-corrected chi connectivity index (χ2v) is 6.78. The van der Waals surface area contributed by atoms with Gasteiger partial charge in [-0.25, -0.2) is 9.97 Å². The molecule has 26 heavy (non-hydrogen) atoms. The highest BCUT2D eigenvalue weighted by Gasteiger charge is 2.15. The average Bonchev–Trinajstić information content (AvgIpc) is 3.34. The van der Waals surface area contributed by atoms with Crippen LogP contribution in [0.25, 0.3) is 21.9 Å². The second-order valence-electron chi connectivity index (χ2n) is 5.83. The number of rotatable bonds is 6. The molecule has 0 saturated carbocycles. The van der Waals surface area contributed by atoms with Crippen molar-refractivity contribution in [2.45, 2.75) is 12.8 Å². The van der Waals surface area contributed by atoms with Crippen molar-refractivity contribution in [3.05, 3.63) is 65.4 Å². The standard InChI is InChI=1S/C19H17N5OS/c25-19(22-8-1-3-13-5-9-20-10-6-13)14-7-11-21-18-16(14)23-17(24-18)15-4-2-12-26-15/h2,4-7,9-12H,1,3,8H2,(H,22,25)(H,21,23,24). The first-order valence-corrected chi connectivity index (χ1v) is 9.25. The Kier molecular flexibility index (Phi) is 4.70. The molecular weight excluding hydrogens is 346 g/mol. The van der Waals surface area contributed by atoms with Crippen molar-refractivity contribution in [3.63, 3.8) is 0 Å². The molecule has 0 saturated heterocycles. The highest BCUT2D eigenvalue weighted by molar-refractivity contribution is 7.13. The monoisotopic (exact) mass is 363 g/mol. The normalized spacial score (nSPS) is 10.9. The smallest absolute Gasteiger partial charge is 0.253 e. The minimum absolute atomic E-state index is 0.128. The number of aryl methyl sites for hydroxylation is 1. The predicted octanol–water partition coefficient (Wildman–Crippen LogP) is 3.44. The molecule has 0 aliphatic rings. The van der Waals surface area contributed by atoms with Gasteiger partial charge >= 0.3 is 0 Å². The number of nitrogens with zero attached hydrogens (tertiary/aromatic N) is 3. The maximum atomic E-state index is 12.6. The number of carbonyl (C=O) groups excluding carboxylic acids is 1. The Morgan fingerprint density at radius 3 is 2.85 bits per heavy atom. The molecule has 4 heterocycles. The largest absolute Gasteiger partial charge is 0.352 e. The molecule has 0 atom stereocenters. The Morgan fingerprint density at radius 2 is 2.04 bits per heavy atom. The molecule has 7 heteroatoms. The lowest BCUT2D eigenvalue weighted by molar-refractivity contribution is 0.0954. The lowest BCUT2D eigenvalue weighted by Crippen LogP contribution is -2.25. The summed E-state index contributed by atoms with van der Waals surface area (Å²) in [6.07, 6.45) is 6.96. The van der Waals surface area contributed by atoms with Gasteiger partial charge in [-0.05, 0) is 48.1 Å². The third kappa shape index (κ3) is 3.48. The summed E-state index contributed by atoms with van der Waals surface area (Å²) >= 11 is 1.59. The summed E-state index contributed by atoms with van der Waals surface area (Å²) in [4.78, 5) is 29.6. The SMILES string of the molecule is O=C(NCCCc1ccncc1)c1ccnc2[nH]c(-c3cccs3)nc12. The summed E-state index contributed by atoms with van der Waals surface area (Å²) in [5.74, 6) is 0.608. The molecule has 0 unspecified atom stereocenters. The summed E-state index contributed by atoms with van der Waals surface area (Å²) < 4.78 is 0. The zero-order valence-electron chi connectivity index (χ0n) is 14.0. The molecule has 6 nitrogen and oxygen atoms in total. The molecule has 0 spiro atoms. The number of thiophene rings is 1. The van der Waals surface area contributed by atoms with E-state index < -0.39 is 0 Å². The molecule has 0 aliphatic carbocycles. The van der Waals surface area contributed by atoms with E-state index in [4.69, 9.17) is 0 Å². The zero-order chi connectivity index (χ0) is 17.8. The maximum absolute atomic E-state index is 12.6. The number of pyridine rings is 2. The molecule has 0 aromatic carbocycles. The number of fused-ring (bicyclic) bond motifs is 1. The van der Waals surface area contributed by atoms with Gasteiger partial charge in [0.25, 0.3) is 5.91 Å². The molecule has 4 aromatic rings. The molecule has 2 N–H and O–H groups in total. The molecule has 0 bridgehead atoms. The van der Waals surface area contributed by atoms with Gasteiger partial charge in [-0.1, -0.05) is 6.07 Å². The van der Waals surface area contributed by atoms with E-state index in [1.165, 1.54) is 5.56 Å². The van der Waals surface area contributed by atoms with E-state index in [2.05, 4.69) is 25.3 Å². The van der Waals surface area contributed by atoms with Crippen LogP contribution in [0, 0.1) is 0 Å². The molecule has 4 rings (SSSR count). The van der Waals surface area contributed by atoms with E-state index in [0.717, 1.165) is 23.5 Å². The van der Waals surface area contributed by atoms with Crippen LogP contribution < -0.4 is 5.32 Å². The van der Waals surface area contributed by atoms with Crippen molar-refractivity contribution in [3.8, 4) is 10.7 Å². The first-order chi connectivity index (χ1) is 12.8. The number of carbonyl (C=O) groups is 1. The number of hydrogen-bond acceptors (Lipinski definition) is 5. The number of H-pyrrole nitrogens is 1. The van der Waals surface area contributed by atoms with E-state index in [9.17, 15) is 4.79 Å². The van der Waals surface area contributed by atoms with Gasteiger partial charge in [0.05, 0.1) is 10.4 Å². The third-order valence-electron chi connectivity index (χ3n) is 4.06. The number of imidazole rings is 1. The van der Waals surface area contributed by atoms with E-state index in [0.29, 0.717) is 23.3 Å². The molecule has 0 aliphatic heterocycles. The van der Waals surface area contributed by atoms with Crippen molar-refractivity contribution < 1.29 is 4.79 Å². The summed E-state index contributed by atoms with van der Waals surface area (Å²) in [5.41, 5.74) is 2.98. The molecule has 4 aromatic heterocycles. The van der Waals surface area contributed by atoms with Gasteiger partial charge in [0.15, 0.2) is 5.65 Å². The maximum Gasteiger partial charge on any atom is 0.253 e. The lowest BCUT2D eigenvalue weighted by Gasteiger charge is -2.05. The first-order valence-electron chi connectivity index (χ1n) is 8.37. The van der Waals surface area contributed by atoms with Gasteiger partial charge in [0.1, 0.15) is 11.3 Å². The van der Waals surface area contributed by atoms with Gasteiger partial charge in [0, 0.05) is 25.1 Å². The Labute approximate surface area is 154 Å². The van der Waals surface area contributed by atoms with Gasteiger partial charge in [-0.3, -0.25) is 9.78 Å². The van der Waals surface area contributed by atoms with E-state index in [-0.39, 0.29) is 5.91 Å². The molecule has 130 valence electrons. The fourth-order valence-corrected chi connectivity index (χ4v) is 3.43. The van der Waals surface area contributed by atoms with Crippen molar-refractivity contribution in [1.82, 2.24) is 25.3 Å². The average molecular weight is 363 g/mol. The number of hydrogen-bond donors (Lipinski definition) is 2. The van der Waals surface area contributed by atoms with Crippen LogP contribution in [0.1, 0.15) is 22.3 Å². The number of aromatic amines is 1. The zero-order valence-corrected chi connectivity index (χ0v) is 14.8. The van der Waals surface area contributed by atoms with Crippen LogP contribution in [0.4, 0.5) is 0 Å². The van der Waals surface area contributed by atoms with Crippen molar-refractivity contribution in [1.29, 1.82) is 0 Å². The molecular formula is C19H17N5OS. The summed E-state index contributed by atoms with van der Waals surface area (Å²) in [5, 5.41) is 4.96. The molecule has 0 fully saturated rings. The predicted molar refractivity (Wildman–Crippen MR) is 102 cm³/mol. The van der Waals surface area contributed by atoms with Crippen LogP contribution in [0.3, 0.4) is 0 Å². The van der Waals surface area contributed by atoms with Gasteiger partial charge in [-0.15, -0.1) is 11.3 Å². The van der Waals surface area contributed by atoms with Gasteiger partial charge in [0.2, 0.25) is 0 Å². The quantitative estimate of drug-likeness (QED) is 0.514. The van der Waals surface area contributed by atoms with Crippen LogP contribution in [-0.4, -0.2) is 32.4 Å². The van der Waals surface area contributed by atoms with Crippen LogP contribution >= 0.6 is 11.3 Å². The Hall–Kier alpha value is -3.06. The number of amides is 1. The Bertz CT molecular complexity index is 1010. The van der Waals surface area contributed by atoms with Crippen molar-refractivity contribution >= 4 is 28.4 Å². The van der Waals surface area contributed by atoms with E-state index >= 15 is 0 Å². The topological polar surface area (TPSA) is 83.6 Å². The van der Waals surface area contributed by atoms with E-state index in [1.807, 2.05) is 29.6 Å². The number of nitrogens with one attached hydrogen (secondary N) is 2. The third-order valence-corrected chi connectivity index (χ3v) is 4.94. The minimum Gasteiger partial charge on any atom is -0.352 e. The second kappa shape index (κ2) is 7.45. The van der Waals surface area contributed by atoms with Crippen molar-refractivity contribution in [2.24, 2.45) is 0 Å². The van der Waals surface area contributed by atoms with Crippen LogP contribution in [0.2, 0.25) is 0 Å². The highest BCUT2D eigenvalue weighted by Crippen LogP contribution is 2.25. The van der Waals surface area contributed by atoms with E-state index in [1.54, 1.807) is 36.0 Å². The van der Waals surface area contributed by atoms with Gasteiger partial charge in [-0.2, -0.15) is 0 Å². The number of aromatic nitrogens is 4.